The molecule has 19 heavy (non-hydrogen) atoms. The number of ketones is 1. The Balaban J connectivity index is 2.18. The molecule has 1 N–H and O–H groups in total. The first-order valence-corrected chi connectivity index (χ1v) is 6.23. The van der Waals surface area contributed by atoms with E-state index in [0.29, 0.717) is 17.3 Å². The first kappa shape index (κ1) is 13.6. The molecule has 2 rings (SSSR count). The molecule has 0 fully saturated rings. The minimum atomic E-state index is -0.506. The van der Waals surface area contributed by atoms with E-state index in [4.69, 9.17) is 11.6 Å². The average Bonchev–Trinajstić information content (AvgIpc) is 2.37. The van der Waals surface area contributed by atoms with Gasteiger partial charge in [-0.15, -0.1) is 0 Å². The van der Waals surface area contributed by atoms with Crippen LogP contribution in [0.3, 0.4) is 0 Å². The molecular weight excluding hydrogens is 265 g/mol. The summed E-state index contributed by atoms with van der Waals surface area (Å²) in [5.74, 6) is -0.801. The van der Waals surface area contributed by atoms with E-state index in [1.54, 1.807) is 24.3 Å². The van der Waals surface area contributed by atoms with E-state index >= 15 is 0 Å². The van der Waals surface area contributed by atoms with Gasteiger partial charge in [0.25, 0.3) is 0 Å². The minimum absolute atomic E-state index is 0.0939. The summed E-state index contributed by atoms with van der Waals surface area (Å²) < 4.78 is 13.6. The van der Waals surface area contributed by atoms with Gasteiger partial charge in [-0.05, 0) is 36.8 Å². The van der Waals surface area contributed by atoms with Crippen LogP contribution in [0.15, 0.2) is 42.5 Å². The molecule has 0 unspecified atom stereocenters. The molecule has 0 radical (unpaired) electrons. The molecule has 4 heteroatoms. The third kappa shape index (κ3) is 3.32. The Hall–Kier alpha value is -1.87. The molecule has 0 bridgehead atoms. The molecule has 0 spiro atoms. The van der Waals surface area contributed by atoms with Gasteiger partial charge in [0.05, 0.1) is 5.56 Å². The van der Waals surface area contributed by atoms with E-state index < -0.39 is 5.82 Å². The first-order chi connectivity index (χ1) is 9.08. The van der Waals surface area contributed by atoms with Gasteiger partial charge in [-0.3, -0.25) is 4.79 Å². The summed E-state index contributed by atoms with van der Waals surface area (Å²) in [7, 11) is 0. The van der Waals surface area contributed by atoms with E-state index in [1.807, 2.05) is 12.1 Å². The number of carbonyl (C=O) groups is 1. The van der Waals surface area contributed by atoms with Crippen LogP contribution in [0.25, 0.3) is 0 Å². The zero-order valence-electron chi connectivity index (χ0n) is 10.4. The van der Waals surface area contributed by atoms with Crippen LogP contribution in [0.5, 0.6) is 0 Å². The van der Waals surface area contributed by atoms with Crippen LogP contribution in [0.4, 0.5) is 10.1 Å². The van der Waals surface area contributed by atoms with E-state index in [2.05, 4.69) is 5.32 Å². The highest BCUT2D eigenvalue weighted by Gasteiger charge is 2.12. The van der Waals surface area contributed by atoms with Gasteiger partial charge in [0.2, 0.25) is 0 Å². The quantitative estimate of drug-likeness (QED) is 0.845. The van der Waals surface area contributed by atoms with Gasteiger partial charge in [-0.1, -0.05) is 29.8 Å². The van der Waals surface area contributed by atoms with E-state index in [0.717, 1.165) is 5.56 Å². The Morgan fingerprint density at radius 2 is 1.89 bits per heavy atom. The molecule has 0 atom stereocenters. The Bertz CT molecular complexity index is 596. The zero-order valence-corrected chi connectivity index (χ0v) is 11.2. The van der Waals surface area contributed by atoms with Gasteiger partial charge in [0.15, 0.2) is 5.78 Å². The molecule has 0 heterocycles. The van der Waals surface area contributed by atoms with Gasteiger partial charge in [-0.25, -0.2) is 4.39 Å². The van der Waals surface area contributed by atoms with Crippen molar-refractivity contribution in [2.24, 2.45) is 0 Å². The maximum atomic E-state index is 13.6. The standard InChI is InChI=1S/C15H13ClFNO/c1-10(19)15-13(17)3-2-4-14(15)18-9-11-5-7-12(16)8-6-11/h2-8,18H,9H2,1H3. The number of hydrogen-bond donors (Lipinski definition) is 1. The molecule has 98 valence electrons. The van der Waals surface area contributed by atoms with Crippen LogP contribution in [0.1, 0.15) is 22.8 Å². The van der Waals surface area contributed by atoms with Gasteiger partial charge >= 0.3 is 0 Å². The molecule has 0 aliphatic rings. The summed E-state index contributed by atoms with van der Waals surface area (Å²) in [5, 5.41) is 3.73. The molecule has 0 aliphatic heterocycles. The number of Topliss-reactive ketones (excluding diaryl/α,β-unsaturated/α-hetero) is 1. The van der Waals surface area contributed by atoms with Crippen LogP contribution >= 0.6 is 11.6 Å². The van der Waals surface area contributed by atoms with Crippen LogP contribution in [0.2, 0.25) is 5.02 Å². The lowest BCUT2D eigenvalue weighted by Gasteiger charge is -2.11. The first-order valence-electron chi connectivity index (χ1n) is 5.85. The van der Waals surface area contributed by atoms with Crippen molar-refractivity contribution >= 4 is 23.1 Å². The van der Waals surface area contributed by atoms with Crippen molar-refractivity contribution in [3.8, 4) is 0 Å². The van der Waals surface area contributed by atoms with Gasteiger partial charge in [-0.2, -0.15) is 0 Å². The Morgan fingerprint density at radius 1 is 1.21 bits per heavy atom. The highest BCUT2D eigenvalue weighted by Crippen LogP contribution is 2.20. The summed E-state index contributed by atoms with van der Waals surface area (Å²) in [6.07, 6.45) is 0. The van der Waals surface area contributed by atoms with Gasteiger partial charge in [0, 0.05) is 17.3 Å². The van der Waals surface area contributed by atoms with Crippen molar-refractivity contribution in [2.75, 3.05) is 5.32 Å². The fourth-order valence-corrected chi connectivity index (χ4v) is 1.95. The van der Waals surface area contributed by atoms with Crippen LogP contribution < -0.4 is 5.32 Å². The maximum Gasteiger partial charge on any atom is 0.164 e. The molecule has 2 aromatic carbocycles. The number of hydrogen-bond acceptors (Lipinski definition) is 2. The second-order valence-electron chi connectivity index (χ2n) is 4.20. The maximum absolute atomic E-state index is 13.6. The van der Waals surface area contributed by atoms with Crippen molar-refractivity contribution in [3.05, 3.63) is 64.4 Å². The zero-order chi connectivity index (χ0) is 13.8. The van der Waals surface area contributed by atoms with Crippen LogP contribution in [-0.2, 0) is 6.54 Å². The topological polar surface area (TPSA) is 29.1 Å². The Labute approximate surface area is 116 Å². The molecular formula is C15H13ClFNO. The lowest BCUT2D eigenvalue weighted by Crippen LogP contribution is -2.07. The molecule has 0 aliphatic carbocycles. The SMILES string of the molecule is CC(=O)c1c(F)cccc1NCc1ccc(Cl)cc1. The number of rotatable bonds is 4. The van der Waals surface area contributed by atoms with Crippen molar-refractivity contribution in [3.63, 3.8) is 0 Å². The number of carbonyl (C=O) groups excluding carboxylic acids is 1. The summed E-state index contributed by atoms with van der Waals surface area (Å²) in [5.41, 5.74) is 1.60. The molecule has 0 saturated carbocycles. The number of anilines is 1. The Kier molecular flexibility index (Phi) is 4.17. The van der Waals surface area contributed by atoms with Crippen molar-refractivity contribution < 1.29 is 9.18 Å². The molecule has 2 aromatic rings. The predicted octanol–water partition coefficient (Wildman–Crippen LogP) is 4.29. The van der Waals surface area contributed by atoms with Crippen LogP contribution in [0, 0.1) is 5.82 Å². The van der Waals surface area contributed by atoms with Crippen molar-refractivity contribution in [1.82, 2.24) is 0 Å². The molecule has 2 nitrogen and oxygen atoms in total. The molecule has 0 saturated heterocycles. The highest BCUT2D eigenvalue weighted by atomic mass is 35.5. The molecule has 0 aromatic heterocycles. The summed E-state index contributed by atoms with van der Waals surface area (Å²) in [6, 6.07) is 11.9. The number of halogens is 2. The van der Waals surface area contributed by atoms with Gasteiger partial charge in [0.1, 0.15) is 5.82 Å². The predicted molar refractivity (Wildman–Crippen MR) is 75.2 cm³/mol. The van der Waals surface area contributed by atoms with E-state index in [1.165, 1.54) is 13.0 Å². The van der Waals surface area contributed by atoms with E-state index in [9.17, 15) is 9.18 Å². The summed E-state index contributed by atoms with van der Waals surface area (Å²) >= 11 is 5.80. The lowest BCUT2D eigenvalue weighted by molar-refractivity contribution is 0.101. The van der Waals surface area contributed by atoms with Crippen molar-refractivity contribution in [2.45, 2.75) is 13.5 Å². The summed E-state index contributed by atoms with van der Waals surface area (Å²) in [4.78, 5) is 11.4. The average molecular weight is 278 g/mol. The monoisotopic (exact) mass is 277 g/mol. The third-order valence-corrected chi connectivity index (χ3v) is 3.01. The lowest BCUT2D eigenvalue weighted by atomic mass is 10.1. The smallest absolute Gasteiger partial charge is 0.164 e. The number of nitrogens with one attached hydrogen (secondary N) is 1. The van der Waals surface area contributed by atoms with Crippen LogP contribution in [-0.4, -0.2) is 5.78 Å². The van der Waals surface area contributed by atoms with Gasteiger partial charge < -0.3 is 5.32 Å². The fourth-order valence-electron chi connectivity index (χ4n) is 1.83. The summed E-state index contributed by atoms with van der Waals surface area (Å²) in [6.45, 7) is 1.85. The number of benzene rings is 2. The minimum Gasteiger partial charge on any atom is -0.380 e. The molecule has 0 amide bonds. The van der Waals surface area contributed by atoms with E-state index in [-0.39, 0.29) is 11.3 Å². The second kappa shape index (κ2) is 5.85. The normalized spacial score (nSPS) is 10.3. The largest absolute Gasteiger partial charge is 0.380 e. The Morgan fingerprint density at radius 3 is 2.53 bits per heavy atom. The third-order valence-electron chi connectivity index (χ3n) is 2.76. The second-order valence-corrected chi connectivity index (χ2v) is 4.64. The highest BCUT2D eigenvalue weighted by molar-refractivity contribution is 6.30. The fraction of sp³-hybridized carbons (Fsp3) is 0.133. The van der Waals surface area contributed by atoms with Crippen molar-refractivity contribution in [1.29, 1.82) is 0 Å².